The van der Waals surface area contributed by atoms with Crippen molar-refractivity contribution < 1.29 is 20.1 Å². The van der Waals surface area contributed by atoms with Gasteiger partial charge in [0, 0.05) is 39.6 Å². The van der Waals surface area contributed by atoms with Gasteiger partial charge in [-0.15, -0.1) is 0 Å². The molecule has 0 aliphatic carbocycles. The molecule has 0 amide bonds. The fourth-order valence-corrected chi connectivity index (χ4v) is 6.49. The third-order valence-electron chi connectivity index (χ3n) is 8.45. The Morgan fingerprint density at radius 2 is 1.42 bits per heavy atom. The Morgan fingerprint density at radius 3 is 2.15 bits per heavy atom. The summed E-state index contributed by atoms with van der Waals surface area (Å²) in [6.07, 6.45) is 4.72. The number of hydrogen-bond acceptors (Lipinski definition) is 15. The Balaban J connectivity index is 1.14. The molecule has 0 saturated carbocycles. The molecule has 4 aromatic heterocycles. The molecule has 8 rings (SSSR count). The Morgan fingerprint density at radius 1 is 0.750 bits per heavy atom. The molecule has 18 heteroatoms. The van der Waals surface area contributed by atoms with Crippen LogP contribution in [0.15, 0.2) is 97.5 Å². The fourth-order valence-electron chi connectivity index (χ4n) is 5.89. The van der Waals surface area contributed by atoms with E-state index in [9.17, 15) is 25.4 Å². The lowest BCUT2D eigenvalue weighted by Gasteiger charge is -2.13. The summed E-state index contributed by atoms with van der Waals surface area (Å²) in [6.45, 7) is 0. The molecule has 0 saturated heterocycles. The van der Waals surface area contributed by atoms with Crippen LogP contribution in [0.1, 0.15) is 5.69 Å². The van der Waals surface area contributed by atoms with Crippen LogP contribution in [0.5, 0.6) is 0 Å². The molecule has 0 atom stereocenters. The molecule has 4 heterocycles. The normalized spacial score (nSPS) is 11.1. The predicted molar refractivity (Wildman–Crippen MR) is 198 cm³/mol. The zero-order chi connectivity index (χ0) is 35.9. The van der Waals surface area contributed by atoms with Gasteiger partial charge in [0.25, 0.3) is 0 Å². The zero-order valence-corrected chi connectivity index (χ0v) is 27.5. The molecule has 0 aliphatic rings. The van der Waals surface area contributed by atoms with Crippen molar-refractivity contribution >= 4 is 75.0 Å². The van der Waals surface area contributed by atoms with Crippen molar-refractivity contribution in [3.05, 3.63) is 103 Å². The first kappa shape index (κ1) is 32.6. The predicted octanol–water partition coefficient (Wildman–Crippen LogP) is 2.17. The third kappa shape index (κ3) is 6.06. The maximum Gasteiger partial charge on any atom is 0.488 e. The minimum absolute atomic E-state index is 0.239. The van der Waals surface area contributed by atoms with Crippen molar-refractivity contribution in [3.63, 3.8) is 0 Å². The molecule has 0 bridgehead atoms. The van der Waals surface area contributed by atoms with Crippen LogP contribution in [0.2, 0.25) is 0 Å². The molecule has 52 heavy (non-hydrogen) atoms. The second-order valence-electron chi connectivity index (χ2n) is 11.7. The van der Waals surface area contributed by atoms with Gasteiger partial charge >= 0.3 is 14.2 Å². The summed E-state index contributed by atoms with van der Waals surface area (Å²) in [7, 11) is -3.37. The van der Waals surface area contributed by atoms with E-state index < -0.39 is 14.2 Å². The number of nitrogens with one attached hydrogen (secondary N) is 1. The highest BCUT2D eigenvalue weighted by atomic mass is 32.1. The van der Waals surface area contributed by atoms with Crippen LogP contribution >= 0.6 is 11.5 Å². The van der Waals surface area contributed by atoms with E-state index in [0.717, 1.165) is 27.9 Å². The molecule has 0 spiro atoms. The van der Waals surface area contributed by atoms with Crippen molar-refractivity contribution in [2.75, 3.05) is 11.1 Å². The molecular weight excluding hydrogens is 680 g/mol. The highest BCUT2D eigenvalue weighted by Crippen LogP contribution is 2.35. The van der Waals surface area contributed by atoms with Gasteiger partial charge in [0.2, 0.25) is 5.13 Å². The van der Waals surface area contributed by atoms with Crippen LogP contribution in [-0.2, 0) is 0 Å². The second-order valence-corrected chi connectivity index (χ2v) is 12.4. The average Bonchev–Trinajstić information content (AvgIpc) is 3.84. The summed E-state index contributed by atoms with van der Waals surface area (Å²) in [5, 5.41) is 75.3. The summed E-state index contributed by atoms with van der Waals surface area (Å²) < 4.78 is 6.16. The van der Waals surface area contributed by atoms with Crippen LogP contribution < -0.4 is 22.0 Å². The maximum absolute atomic E-state index is 9.94. The SMILES string of the molecule is N#Cc1ccn(-c2ccc(B(O)O)cc2-c2ccc3c(Nc4nc(-c5ccc(B(O)O)cc5-c5ccc6c(N)cnnc6c5)ns4)cnnc3c2)n1. The maximum atomic E-state index is 9.94. The van der Waals surface area contributed by atoms with E-state index in [2.05, 4.69) is 35.2 Å². The number of anilines is 3. The number of nitriles is 1. The first-order valence-corrected chi connectivity index (χ1v) is 16.4. The van der Waals surface area contributed by atoms with Gasteiger partial charge in [-0.05, 0) is 64.0 Å². The molecule has 0 radical (unpaired) electrons. The van der Waals surface area contributed by atoms with Crippen LogP contribution in [0.25, 0.3) is 61.1 Å². The lowest BCUT2D eigenvalue weighted by atomic mass is 9.78. The van der Waals surface area contributed by atoms with Gasteiger partial charge in [0.15, 0.2) is 11.5 Å². The van der Waals surface area contributed by atoms with E-state index in [1.807, 2.05) is 42.5 Å². The number of rotatable bonds is 8. The summed E-state index contributed by atoms with van der Waals surface area (Å²) in [5.41, 5.74) is 13.1. The van der Waals surface area contributed by atoms with Gasteiger partial charge in [-0.2, -0.15) is 40.1 Å². The van der Waals surface area contributed by atoms with E-state index in [1.165, 1.54) is 6.20 Å². The van der Waals surface area contributed by atoms with Gasteiger partial charge in [-0.25, -0.2) is 4.68 Å². The monoisotopic (exact) mass is 703 g/mol. The van der Waals surface area contributed by atoms with E-state index in [4.69, 9.17) is 10.7 Å². The molecule has 7 N–H and O–H groups in total. The lowest BCUT2D eigenvalue weighted by molar-refractivity contribution is 0.424. The highest BCUT2D eigenvalue weighted by Gasteiger charge is 2.20. The molecule has 250 valence electrons. The molecule has 0 unspecified atom stereocenters. The first-order chi connectivity index (χ1) is 25.2. The molecule has 8 aromatic rings. The van der Waals surface area contributed by atoms with Crippen molar-refractivity contribution in [3.8, 4) is 45.4 Å². The fraction of sp³-hybridized carbons (Fsp3) is 0. The van der Waals surface area contributed by atoms with Crippen molar-refractivity contribution in [1.29, 1.82) is 5.26 Å². The molecule has 15 nitrogen and oxygen atoms in total. The van der Waals surface area contributed by atoms with Gasteiger partial charge in [0.05, 0.1) is 40.5 Å². The number of nitrogen functional groups attached to an aromatic ring is 1. The number of nitrogens with zero attached hydrogens (tertiary/aromatic N) is 9. The quantitative estimate of drug-likeness (QED) is 0.124. The number of fused-ring (bicyclic) bond motifs is 2. The number of hydrogen-bond donors (Lipinski definition) is 6. The Hall–Kier alpha value is -6.61. The number of nitrogens with two attached hydrogens (primary N) is 1. The molecule has 0 aliphatic heterocycles. The van der Waals surface area contributed by atoms with E-state index >= 15 is 0 Å². The average molecular weight is 703 g/mol. The summed E-state index contributed by atoms with van der Waals surface area (Å²) in [5.74, 6) is 0.408. The van der Waals surface area contributed by atoms with Gasteiger partial charge in [-0.1, -0.05) is 42.5 Å². The second kappa shape index (κ2) is 13.3. The van der Waals surface area contributed by atoms with Crippen LogP contribution in [0, 0.1) is 11.3 Å². The van der Waals surface area contributed by atoms with Crippen molar-refractivity contribution in [2.45, 2.75) is 0 Å². The van der Waals surface area contributed by atoms with Gasteiger partial charge < -0.3 is 31.1 Å². The lowest BCUT2D eigenvalue weighted by Crippen LogP contribution is -2.30. The highest BCUT2D eigenvalue weighted by molar-refractivity contribution is 7.10. The molecule has 0 fully saturated rings. The first-order valence-electron chi connectivity index (χ1n) is 15.6. The summed E-state index contributed by atoms with van der Waals surface area (Å²) in [4.78, 5) is 4.76. The minimum Gasteiger partial charge on any atom is -0.423 e. The summed E-state index contributed by atoms with van der Waals surface area (Å²) >= 11 is 1.14. The van der Waals surface area contributed by atoms with Gasteiger partial charge in [0.1, 0.15) is 6.07 Å². The standard InChI is InChI=1S/C34H23B2N11O4S/c37-15-22-9-10-47(45-22)32-8-4-21(36(50)51)14-27(32)19-2-6-25-30(12-19)44-40-17-31(25)41-34-42-33(46-52-34)23-7-3-20(35(48)49)13-26(23)18-1-5-24-28(38)16-39-43-29(24)11-18/h1-14,16-17,48-51H,(H2,38,43)(H,41,42,44,46). The van der Waals surface area contributed by atoms with E-state index in [-0.39, 0.29) is 11.2 Å². The van der Waals surface area contributed by atoms with E-state index in [1.54, 1.807) is 59.5 Å². The Kier molecular flexibility index (Phi) is 8.31. The Labute approximate surface area is 298 Å². The van der Waals surface area contributed by atoms with Crippen molar-refractivity contribution in [2.24, 2.45) is 0 Å². The molecule has 4 aromatic carbocycles. The van der Waals surface area contributed by atoms with Crippen LogP contribution in [0.4, 0.5) is 16.5 Å². The van der Waals surface area contributed by atoms with E-state index in [0.29, 0.717) is 66.8 Å². The Bertz CT molecular complexity index is 2700. The third-order valence-corrected chi connectivity index (χ3v) is 9.08. The molecular formula is C34H23B2N11O4S. The smallest absolute Gasteiger partial charge is 0.423 e. The number of benzene rings is 4. The van der Waals surface area contributed by atoms with Gasteiger partial charge in [-0.3, -0.25) is 0 Å². The summed E-state index contributed by atoms with van der Waals surface area (Å²) in [6, 6.07) is 24.6. The van der Waals surface area contributed by atoms with Crippen LogP contribution in [0.3, 0.4) is 0 Å². The minimum atomic E-state index is -1.69. The van der Waals surface area contributed by atoms with Crippen LogP contribution in [-0.4, -0.2) is 73.9 Å². The largest absolute Gasteiger partial charge is 0.488 e. The zero-order valence-electron chi connectivity index (χ0n) is 26.7. The number of aromatic nitrogens is 8. The van der Waals surface area contributed by atoms with Crippen molar-refractivity contribution in [1.82, 2.24) is 39.5 Å². The topological polar surface area (TPSA) is 238 Å².